The van der Waals surface area contributed by atoms with Crippen LogP contribution in [0.1, 0.15) is 37.0 Å². The average molecular weight is 238 g/mol. The van der Waals surface area contributed by atoms with Crippen molar-refractivity contribution in [1.29, 1.82) is 0 Å². The van der Waals surface area contributed by atoms with E-state index in [-0.39, 0.29) is 11.9 Å². The lowest BCUT2D eigenvalue weighted by Crippen LogP contribution is -2.40. The highest BCUT2D eigenvalue weighted by molar-refractivity contribution is 5.92. The van der Waals surface area contributed by atoms with Crippen LogP contribution in [-0.4, -0.2) is 40.2 Å². The van der Waals surface area contributed by atoms with Crippen LogP contribution in [-0.2, 0) is 13.0 Å². The third kappa shape index (κ3) is 2.85. The minimum atomic E-state index is -0.0167. The predicted octanol–water partition coefficient (Wildman–Crippen LogP) is 0.885. The van der Waals surface area contributed by atoms with Gasteiger partial charge in [-0.1, -0.05) is 6.92 Å². The molecule has 0 saturated heterocycles. The van der Waals surface area contributed by atoms with Crippen molar-refractivity contribution in [3.05, 3.63) is 17.5 Å². The molecule has 17 heavy (non-hydrogen) atoms. The van der Waals surface area contributed by atoms with Gasteiger partial charge in [-0.05, 0) is 26.3 Å². The topological polar surface area (TPSA) is 64.2 Å². The lowest BCUT2D eigenvalue weighted by atomic mass is 10.2. The number of aromatic nitrogens is 2. The number of likely N-dealkylation sites (N-methyl/N-ethyl adjacent to an activating group) is 1. The molecule has 96 valence electrons. The summed E-state index contributed by atoms with van der Waals surface area (Å²) in [4.78, 5) is 13.9. The lowest BCUT2D eigenvalue weighted by Gasteiger charge is -2.23. The van der Waals surface area contributed by atoms with Crippen LogP contribution in [0.5, 0.6) is 0 Å². The zero-order valence-corrected chi connectivity index (χ0v) is 11.1. The Balaban J connectivity index is 2.98. The maximum atomic E-state index is 12.3. The number of hydrogen-bond donors (Lipinski definition) is 1. The van der Waals surface area contributed by atoms with Gasteiger partial charge in [-0.2, -0.15) is 5.10 Å². The highest BCUT2D eigenvalue weighted by atomic mass is 16.2. The van der Waals surface area contributed by atoms with E-state index in [1.807, 2.05) is 26.8 Å². The fraction of sp³-hybridized carbons (Fsp3) is 0.667. The first kappa shape index (κ1) is 13.7. The molecule has 1 aromatic rings. The molecule has 1 amide bonds. The monoisotopic (exact) mass is 238 g/mol. The third-order valence-corrected chi connectivity index (χ3v) is 3.03. The van der Waals surface area contributed by atoms with Gasteiger partial charge in [0.1, 0.15) is 5.69 Å². The Morgan fingerprint density at radius 2 is 2.24 bits per heavy atom. The highest BCUT2D eigenvalue weighted by Crippen LogP contribution is 2.10. The molecule has 0 radical (unpaired) electrons. The van der Waals surface area contributed by atoms with Crippen molar-refractivity contribution < 1.29 is 4.79 Å². The van der Waals surface area contributed by atoms with Crippen molar-refractivity contribution in [2.45, 2.75) is 39.8 Å². The van der Waals surface area contributed by atoms with Crippen molar-refractivity contribution >= 4 is 5.91 Å². The maximum Gasteiger partial charge on any atom is 0.272 e. The van der Waals surface area contributed by atoms with Crippen molar-refractivity contribution in [2.24, 2.45) is 5.73 Å². The summed E-state index contributed by atoms with van der Waals surface area (Å²) in [5.74, 6) is -0.0167. The molecule has 0 aliphatic rings. The largest absolute Gasteiger partial charge is 0.336 e. The second kappa shape index (κ2) is 5.82. The van der Waals surface area contributed by atoms with Gasteiger partial charge in [0.05, 0.1) is 5.69 Å². The zero-order valence-electron chi connectivity index (χ0n) is 11.1. The third-order valence-electron chi connectivity index (χ3n) is 3.03. The van der Waals surface area contributed by atoms with Gasteiger partial charge in [-0.25, -0.2) is 0 Å². The molecular formula is C12H22N4O. The Morgan fingerprint density at radius 1 is 1.59 bits per heavy atom. The van der Waals surface area contributed by atoms with Gasteiger partial charge in [0.25, 0.3) is 5.91 Å². The molecule has 1 aromatic heterocycles. The average Bonchev–Trinajstić information content (AvgIpc) is 2.79. The molecule has 0 saturated carbocycles. The van der Waals surface area contributed by atoms with E-state index in [1.54, 1.807) is 16.6 Å². The number of rotatable bonds is 5. The number of carbonyl (C=O) groups excluding carboxylic acids is 1. The summed E-state index contributed by atoms with van der Waals surface area (Å²) >= 11 is 0. The van der Waals surface area contributed by atoms with Gasteiger partial charge in [-0.15, -0.1) is 0 Å². The van der Waals surface area contributed by atoms with Gasteiger partial charge < -0.3 is 10.6 Å². The van der Waals surface area contributed by atoms with Crippen LogP contribution in [0.2, 0.25) is 0 Å². The molecule has 1 rings (SSSR count). The van der Waals surface area contributed by atoms with Gasteiger partial charge in [0.15, 0.2) is 0 Å². The summed E-state index contributed by atoms with van der Waals surface area (Å²) in [7, 11) is 1.78. The van der Waals surface area contributed by atoms with Crippen LogP contribution in [0.3, 0.4) is 0 Å². The fourth-order valence-corrected chi connectivity index (χ4v) is 1.60. The van der Waals surface area contributed by atoms with E-state index in [2.05, 4.69) is 5.10 Å². The number of nitrogens with zero attached hydrogens (tertiary/aromatic N) is 3. The second-order valence-corrected chi connectivity index (χ2v) is 4.19. The van der Waals surface area contributed by atoms with E-state index in [9.17, 15) is 4.79 Å². The number of aryl methyl sites for hydroxylation is 2. The number of nitrogens with two attached hydrogens (primary N) is 1. The highest BCUT2D eigenvalue weighted by Gasteiger charge is 2.20. The first-order chi connectivity index (χ1) is 8.04. The van der Waals surface area contributed by atoms with E-state index in [1.165, 1.54) is 0 Å². The van der Waals surface area contributed by atoms with Crippen LogP contribution in [0, 0.1) is 0 Å². The van der Waals surface area contributed by atoms with Crippen LogP contribution >= 0.6 is 0 Å². The summed E-state index contributed by atoms with van der Waals surface area (Å²) in [6.07, 6.45) is 0.837. The zero-order chi connectivity index (χ0) is 13.0. The second-order valence-electron chi connectivity index (χ2n) is 4.19. The number of hydrogen-bond acceptors (Lipinski definition) is 3. The fourth-order valence-electron chi connectivity index (χ4n) is 1.60. The number of carbonyl (C=O) groups is 1. The standard InChI is InChI=1S/C12H22N4O/c1-5-10-7-11(16(6-2)14-10)12(17)15(4)9(3)8-13/h7,9H,5-6,8,13H2,1-4H3. The van der Waals surface area contributed by atoms with Gasteiger partial charge in [-0.3, -0.25) is 9.48 Å². The molecule has 5 nitrogen and oxygen atoms in total. The van der Waals surface area contributed by atoms with Crippen molar-refractivity contribution in [3.8, 4) is 0 Å². The van der Waals surface area contributed by atoms with Crippen LogP contribution < -0.4 is 5.73 Å². The lowest BCUT2D eigenvalue weighted by molar-refractivity contribution is 0.0736. The Hall–Kier alpha value is -1.36. The van der Waals surface area contributed by atoms with Gasteiger partial charge >= 0.3 is 0 Å². The molecule has 0 bridgehead atoms. The summed E-state index contributed by atoms with van der Waals surface area (Å²) in [6.45, 7) is 7.11. The van der Waals surface area contributed by atoms with E-state index in [0.717, 1.165) is 12.1 Å². The summed E-state index contributed by atoms with van der Waals surface area (Å²) < 4.78 is 1.75. The molecule has 0 aliphatic carbocycles. The molecule has 0 spiro atoms. The Kier molecular flexibility index (Phi) is 4.69. The maximum absolute atomic E-state index is 12.3. The molecule has 0 aromatic carbocycles. The smallest absolute Gasteiger partial charge is 0.272 e. The minimum absolute atomic E-state index is 0.0167. The Labute approximate surface area is 103 Å². The summed E-state index contributed by atoms with van der Waals surface area (Å²) in [6, 6.07) is 1.90. The molecule has 1 atom stereocenters. The van der Waals surface area contributed by atoms with Gasteiger partial charge in [0, 0.05) is 26.2 Å². The Morgan fingerprint density at radius 3 is 2.71 bits per heavy atom. The SMILES string of the molecule is CCc1cc(C(=O)N(C)C(C)CN)n(CC)n1. The van der Waals surface area contributed by atoms with Crippen molar-refractivity contribution in [1.82, 2.24) is 14.7 Å². The van der Waals surface area contributed by atoms with Crippen LogP contribution in [0.15, 0.2) is 6.07 Å². The summed E-state index contributed by atoms with van der Waals surface area (Å²) in [5.41, 5.74) is 7.17. The first-order valence-electron chi connectivity index (χ1n) is 6.09. The van der Waals surface area contributed by atoms with E-state index in [4.69, 9.17) is 5.73 Å². The minimum Gasteiger partial charge on any atom is -0.336 e. The van der Waals surface area contributed by atoms with Crippen LogP contribution in [0.4, 0.5) is 0 Å². The van der Waals surface area contributed by atoms with E-state index < -0.39 is 0 Å². The van der Waals surface area contributed by atoms with Crippen molar-refractivity contribution in [3.63, 3.8) is 0 Å². The normalized spacial score (nSPS) is 12.5. The molecule has 1 unspecified atom stereocenters. The predicted molar refractivity (Wildman–Crippen MR) is 67.9 cm³/mol. The van der Waals surface area contributed by atoms with Crippen LogP contribution in [0.25, 0.3) is 0 Å². The molecular weight excluding hydrogens is 216 g/mol. The first-order valence-corrected chi connectivity index (χ1v) is 6.09. The van der Waals surface area contributed by atoms with Gasteiger partial charge in [0.2, 0.25) is 0 Å². The molecule has 0 fully saturated rings. The summed E-state index contributed by atoms with van der Waals surface area (Å²) in [5, 5.41) is 4.37. The Bertz CT molecular complexity index is 386. The van der Waals surface area contributed by atoms with Crippen molar-refractivity contribution in [2.75, 3.05) is 13.6 Å². The molecule has 1 heterocycles. The van der Waals surface area contributed by atoms with E-state index >= 15 is 0 Å². The quantitative estimate of drug-likeness (QED) is 0.828. The molecule has 0 aliphatic heterocycles. The van der Waals surface area contributed by atoms with E-state index in [0.29, 0.717) is 18.8 Å². The number of amides is 1. The molecule has 5 heteroatoms. The molecule has 2 N–H and O–H groups in total.